The van der Waals surface area contributed by atoms with Gasteiger partial charge in [-0.3, -0.25) is 0 Å². The van der Waals surface area contributed by atoms with Crippen LogP contribution in [0.15, 0.2) is 24.4 Å². The Kier molecular flexibility index (Phi) is 7.70. The van der Waals surface area contributed by atoms with Gasteiger partial charge in [-0.15, -0.1) is 0 Å². The van der Waals surface area contributed by atoms with E-state index in [2.05, 4.69) is 36.1 Å². The second kappa shape index (κ2) is 10.3. The Morgan fingerprint density at radius 1 is 1.26 bits per heavy atom. The van der Waals surface area contributed by atoms with E-state index in [1.807, 2.05) is 26.8 Å². The number of carbonyl (C=O) groups is 1. The van der Waals surface area contributed by atoms with Crippen LogP contribution in [0.4, 0.5) is 10.5 Å². The smallest absolute Gasteiger partial charge is 0.410 e. The third-order valence-electron chi connectivity index (χ3n) is 5.32. The van der Waals surface area contributed by atoms with Gasteiger partial charge in [-0.25, -0.2) is 14.8 Å². The van der Waals surface area contributed by atoms with Gasteiger partial charge in [0.2, 0.25) is 0 Å². The number of fused-ring (bicyclic) bond motifs is 1. The average molecular weight is 429 g/mol. The number of amides is 1. The van der Waals surface area contributed by atoms with E-state index in [9.17, 15) is 4.79 Å². The highest BCUT2D eigenvalue weighted by molar-refractivity contribution is 5.89. The molecule has 1 fully saturated rings. The Hall–Kier alpha value is -2.41. The zero-order valence-electron chi connectivity index (χ0n) is 19.6. The molecule has 7 nitrogen and oxygen atoms in total. The molecule has 0 unspecified atom stereocenters. The average Bonchev–Trinajstić information content (AvgIpc) is 3.18. The molecule has 1 atom stereocenters. The van der Waals surface area contributed by atoms with Crippen LogP contribution in [0.3, 0.4) is 0 Å². The van der Waals surface area contributed by atoms with Crippen molar-refractivity contribution < 1.29 is 14.3 Å². The molecule has 3 heterocycles. The SMILES string of the molecule is CN(C)c1cc(CCCCCO[C@@H]2CCN(C(=O)OC(C)(C)C)C2)nc2ncccc12. The van der Waals surface area contributed by atoms with Crippen LogP contribution < -0.4 is 4.90 Å². The van der Waals surface area contributed by atoms with E-state index in [1.165, 1.54) is 0 Å². The summed E-state index contributed by atoms with van der Waals surface area (Å²) in [7, 11) is 4.10. The number of carbonyl (C=O) groups excluding carboxylic acids is 1. The molecule has 7 heteroatoms. The first-order valence-electron chi connectivity index (χ1n) is 11.2. The minimum Gasteiger partial charge on any atom is -0.444 e. The van der Waals surface area contributed by atoms with Gasteiger partial charge in [-0.2, -0.15) is 0 Å². The molecule has 31 heavy (non-hydrogen) atoms. The van der Waals surface area contributed by atoms with Crippen LogP contribution >= 0.6 is 0 Å². The van der Waals surface area contributed by atoms with Crippen molar-refractivity contribution >= 4 is 22.8 Å². The van der Waals surface area contributed by atoms with Crippen LogP contribution in [-0.2, 0) is 15.9 Å². The quantitative estimate of drug-likeness (QED) is 0.579. The first-order chi connectivity index (χ1) is 14.7. The number of nitrogens with zero attached hydrogens (tertiary/aromatic N) is 4. The van der Waals surface area contributed by atoms with Gasteiger partial charge in [0, 0.05) is 50.2 Å². The number of ether oxygens (including phenoxy) is 2. The van der Waals surface area contributed by atoms with Crippen molar-refractivity contribution in [2.24, 2.45) is 0 Å². The molecular formula is C24H36N4O3. The maximum absolute atomic E-state index is 12.1. The van der Waals surface area contributed by atoms with E-state index in [0.717, 1.165) is 61.1 Å². The number of pyridine rings is 2. The van der Waals surface area contributed by atoms with E-state index in [4.69, 9.17) is 14.5 Å². The number of anilines is 1. The van der Waals surface area contributed by atoms with Crippen LogP contribution in [0.25, 0.3) is 11.0 Å². The van der Waals surface area contributed by atoms with Crippen molar-refractivity contribution in [1.29, 1.82) is 0 Å². The highest BCUT2D eigenvalue weighted by atomic mass is 16.6. The fourth-order valence-electron chi connectivity index (χ4n) is 3.78. The zero-order valence-corrected chi connectivity index (χ0v) is 19.6. The normalized spacial score (nSPS) is 16.7. The van der Waals surface area contributed by atoms with Crippen LogP contribution in [0.2, 0.25) is 0 Å². The number of rotatable bonds is 8. The standard InChI is InChI=1S/C24H36N4O3/c1-24(2,3)31-23(29)28-14-12-19(17-28)30-15-8-6-7-10-18-16-21(27(4)5)20-11-9-13-25-22(20)26-18/h9,11,13,16,19H,6-8,10,12,14-15,17H2,1-5H3/t19-/m1/s1. The zero-order chi connectivity index (χ0) is 22.4. The number of aryl methyl sites for hydroxylation is 1. The van der Waals surface area contributed by atoms with E-state index in [0.29, 0.717) is 13.1 Å². The minimum absolute atomic E-state index is 0.114. The Bertz CT molecular complexity index is 879. The van der Waals surface area contributed by atoms with Crippen LogP contribution in [0.5, 0.6) is 0 Å². The summed E-state index contributed by atoms with van der Waals surface area (Å²) in [5.41, 5.74) is 2.59. The monoisotopic (exact) mass is 428 g/mol. The Morgan fingerprint density at radius 3 is 2.81 bits per heavy atom. The van der Waals surface area contributed by atoms with Gasteiger partial charge in [-0.05, 0) is 64.7 Å². The predicted octanol–water partition coefficient (Wildman–Crippen LogP) is 4.43. The number of unbranched alkanes of at least 4 members (excludes halogenated alkanes) is 2. The summed E-state index contributed by atoms with van der Waals surface area (Å²) in [5.74, 6) is 0. The van der Waals surface area contributed by atoms with Gasteiger partial charge in [0.1, 0.15) is 5.60 Å². The first-order valence-corrected chi connectivity index (χ1v) is 11.2. The molecule has 3 rings (SSSR count). The largest absolute Gasteiger partial charge is 0.444 e. The lowest BCUT2D eigenvalue weighted by Crippen LogP contribution is -2.36. The van der Waals surface area contributed by atoms with Gasteiger partial charge >= 0.3 is 6.09 Å². The highest BCUT2D eigenvalue weighted by Gasteiger charge is 2.30. The Labute approximate surface area is 185 Å². The predicted molar refractivity (Wildman–Crippen MR) is 124 cm³/mol. The molecule has 1 amide bonds. The van der Waals surface area contributed by atoms with Gasteiger partial charge in [0.05, 0.1) is 12.6 Å². The molecule has 1 aliphatic heterocycles. The topological polar surface area (TPSA) is 67.8 Å². The van der Waals surface area contributed by atoms with E-state index in [1.54, 1.807) is 11.1 Å². The maximum atomic E-state index is 12.1. The molecule has 2 aromatic heterocycles. The van der Waals surface area contributed by atoms with E-state index < -0.39 is 5.60 Å². The lowest BCUT2D eigenvalue weighted by molar-refractivity contribution is 0.0206. The highest BCUT2D eigenvalue weighted by Crippen LogP contribution is 2.24. The molecule has 0 aromatic carbocycles. The summed E-state index contributed by atoms with van der Waals surface area (Å²) >= 11 is 0. The summed E-state index contributed by atoms with van der Waals surface area (Å²) in [6, 6.07) is 6.19. The molecule has 1 saturated heterocycles. The molecule has 2 aromatic rings. The van der Waals surface area contributed by atoms with Crippen molar-refractivity contribution in [1.82, 2.24) is 14.9 Å². The molecule has 170 valence electrons. The number of aromatic nitrogens is 2. The fraction of sp³-hybridized carbons (Fsp3) is 0.625. The van der Waals surface area contributed by atoms with Crippen LogP contribution in [0.1, 0.15) is 52.1 Å². The summed E-state index contributed by atoms with van der Waals surface area (Å²) < 4.78 is 11.4. The second-order valence-electron chi connectivity index (χ2n) is 9.42. The third kappa shape index (κ3) is 6.79. The minimum atomic E-state index is -0.459. The Balaban J connectivity index is 1.37. The summed E-state index contributed by atoms with van der Waals surface area (Å²) in [5, 5.41) is 1.08. The first kappa shape index (κ1) is 23.3. The molecular weight excluding hydrogens is 392 g/mol. The molecule has 0 saturated carbocycles. The molecule has 0 bridgehead atoms. The van der Waals surface area contributed by atoms with Crippen molar-refractivity contribution in [3.8, 4) is 0 Å². The number of likely N-dealkylation sites (tertiary alicyclic amines) is 1. The van der Waals surface area contributed by atoms with Crippen molar-refractivity contribution in [3.63, 3.8) is 0 Å². The van der Waals surface area contributed by atoms with Crippen LogP contribution in [0, 0.1) is 0 Å². The molecule has 0 spiro atoms. The van der Waals surface area contributed by atoms with E-state index in [-0.39, 0.29) is 12.2 Å². The summed E-state index contributed by atoms with van der Waals surface area (Å²) in [4.78, 5) is 25.2. The number of hydrogen-bond donors (Lipinski definition) is 0. The molecule has 0 radical (unpaired) electrons. The molecule has 0 aliphatic carbocycles. The van der Waals surface area contributed by atoms with Crippen LogP contribution in [-0.4, -0.2) is 66.5 Å². The summed E-state index contributed by atoms with van der Waals surface area (Å²) in [6.45, 7) is 7.72. The van der Waals surface area contributed by atoms with E-state index >= 15 is 0 Å². The lowest BCUT2D eigenvalue weighted by atomic mass is 10.1. The Morgan fingerprint density at radius 2 is 2.06 bits per heavy atom. The maximum Gasteiger partial charge on any atom is 0.410 e. The van der Waals surface area contributed by atoms with Crippen molar-refractivity contribution in [3.05, 3.63) is 30.1 Å². The summed E-state index contributed by atoms with van der Waals surface area (Å²) in [6.07, 6.45) is 6.64. The molecule has 0 N–H and O–H groups in total. The third-order valence-corrected chi connectivity index (χ3v) is 5.32. The van der Waals surface area contributed by atoms with Crippen molar-refractivity contribution in [2.45, 2.75) is 64.6 Å². The van der Waals surface area contributed by atoms with Gasteiger partial charge in [0.25, 0.3) is 0 Å². The van der Waals surface area contributed by atoms with Crippen molar-refractivity contribution in [2.75, 3.05) is 38.7 Å². The molecule has 1 aliphatic rings. The van der Waals surface area contributed by atoms with Gasteiger partial charge in [0.15, 0.2) is 5.65 Å². The fourth-order valence-corrected chi connectivity index (χ4v) is 3.78. The number of hydrogen-bond acceptors (Lipinski definition) is 6. The van der Waals surface area contributed by atoms with Gasteiger partial charge in [-0.1, -0.05) is 6.42 Å². The lowest BCUT2D eigenvalue weighted by Gasteiger charge is -2.24. The second-order valence-corrected chi connectivity index (χ2v) is 9.42. The van der Waals surface area contributed by atoms with Gasteiger partial charge < -0.3 is 19.3 Å².